The Morgan fingerprint density at radius 2 is 1.71 bits per heavy atom. The number of pyridine rings is 1. The number of ether oxygens (including phenoxy) is 1. The smallest absolute Gasteiger partial charge is 0.310 e. The molecule has 2 N–H and O–H groups in total. The van der Waals surface area contributed by atoms with E-state index in [2.05, 4.69) is 15.6 Å². The number of rotatable bonds is 8. The Morgan fingerprint density at radius 3 is 2.24 bits per heavy atom. The van der Waals surface area contributed by atoms with Crippen molar-refractivity contribution in [3.63, 3.8) is 0 Å². The van der Waals surface area contributed by atoms with E-state index < -0.39 is 75.2 Å². The molecule has 0 spiro atoms. The number of amides is 2. The Kier molecular flexibility index (Phi) is 7.86. The van der Waals surface area contributed by atoms with Gasteiger partial charge in [-0.2, -0.15) is 0 Å². The summed E-state index contributed by atoms with van der Waals surface area (Å²) in [6.45, 7) is 1.66. The molecule has 1 aromatic heterocycles. The SMILES string of the molecule is COC1CNC(C)(C(=O)N(c2ccc(S(F)(F)(F)(F)F)cc2)C(C(=O)NC2CCC(F)(F)CC2)c2cncc(F)c2)C1. The van der Waals surface area contributed by atoms with Gasteiger partial charge in [0.05, 0.1) is 17.8 Å². The highest BCUT2D eigenvalue weighted by Crippen LogP contribution is 3.02. The van der Waals surface area contributed by atoms with Crippen molar-refractivity contribution in [1.29, 1.82) is 0 Å². The van der Waals surface area contributed by atoms with Crippen LogP contribution in [0.15, 0.2) is 47.6 Å². The summed E-state index contributed by atoms with van der Waals surface area (Å²) in [5, 5.41) is 5.56. The number of carbonyl (C=O) groups excluding carboxylic acids is 2. The largest absolute Gasteiger partial charge is 0.380 e. The molecule has 234 valence electrons. The minimum absolute atomic E-state index is 0.0653. The van der Waals surface area contributed by atoms with Crippen LogP contribution in [0, 0.1) is 5.82 Å². The van der Waals surface area contributed by atoms with Crippen LogP contribution < -0.4 is 15.5 Å². The summed E-state index contributed by atoms with van der Waals surface area (Å²) in [6, 6.07) is -0.196. The van der Waals surface area contributed by atoms with Gasteiger partial charge in [0.25, 0.3) is 0 Å². The second-order valence-corrected chi connectivity index (χ2v) is 13.3. The number of alkyl halides is 2. The van der Waals surface area contributed by atoms with Crippen molar-refractivity contribution >= 4 is 27.7 Å². The number of methoxy groups -OCH3 is 1. The molecule has 3 unspecified atom stereocenters. The lowest BCUT2D eigenvalue weighted by atomic mass is 9.91. The van der Waals surface area contributed by atoms with Crippen LogP contribution in [-0.4, -0.2) is 54.1 Å². The van der Waals surface area contributed by atoms with Crippen LogP contribution in [0.2, 0.25) is 0 Å². The first kappa shape index (κ1) is 31.9. The number of nitrogens with zero attached hydrogens (tertiary/aromatic N) is 2. The zero-order valence-corrected chi connectivity index (χ0v) is 23.4. The van der Waals surface area contributed by atoms with E-state index in [9.17, 15) is 42.2 Å². The predicted octanol–water partition coefficient (Wildman–Crippen LogP) is 6.41. The van der Waals surface area contributed by atoms with E-state index >= 15 is 0 Å². The summed E-state index contributed by atoms with van der Waals surface area (Å²) < 4.78 is 114. The summed E-state index contributed by atoms with van der Waals surface area (Å²) in [4.78, 5) is 30.2. The molecule has 1 saturated heterocycles. The Labute approximate surface area is 236 Å². The highest BCUT2D eigenvalue weighted by Gasteiger charge is 2.65. The highest BCUT2D eigenvalue weighted by atomic mass is 32.5. The molecule has 16 heteroatoms. The summed E-state index contributed by atoms with van der Waals surface area (Å²) in [5.74, 6) is -5.63. The van der Waals surface area contributed by atoms with Crippen molar-refractivity contribution in [2.75, 3.05) is 18.6 Å². The molecule has 3 atom stereocenters. The molecule has 7 nitrogen and oxygen atoms in total. The van der Waals surface area contributed by atoms with Gasteiger partial charge in [-0.1, -0.05) is 19.4 Å². The molecule has 0 bridgehead atoms. The van der Waals surface area contributed by atoms with Gasteiger partial charge >= 0.3 is 10.2 Å². The first-order valence-corrected chi connectivity index (χ1v) is 14.9. The Hall–Kier alpha value is -2.98. The lowest BCUT2D eigenvalue weighted by Crippen LogP contribution is -2.57. The van der Waals surface area contributed by atoms with Crippen molar-refractivity contribution in [2.24, 2.45) is 0 Å². The Balaban J connectivity index is 1.82. The van der Waals surface area contributed by atoms with Crippen molar-refractivity contribution < 1.29 is 46.9 Å². The average molecular weight is 631 g/mol. The maximum absolute atomic E-state index is 14.3. The fourth-order valence-corrected chi connectivity index (χ4v) is 5.89. The molecule has 1 aliphatic heterocycles. The van der Waals surface area contributed by atoms with Crippen molar-refractivity contribution in [1.82, 2.24) is 15.6 Å². The van der Waals surface area contributed by atoms with Gasteiger partial charge in [-0.3, -0.25) is 19.5 Å². The summed E-state index contributed by atoms with van der Waals surface area (Å²) >= 11 is 0. The van der Waals surface area contributed by atoms with Crippen LogP contribution in [0.1, 0.15) is 50.6 Å². The summed E-state index contributed by atoms with van der Waals surface area (Å²) in [5.41, 5.74) is -2.02. The highest BCUT2D eigenvalue weighted by molar-refractivity contribution is 8.45. The van der Waals surface area contributed by atoms with Gasteiger partial charge in [0.15, 0.2) is 0 Å². The van der Waals surface area contributed by atoms with E-state index in [1.807, 2.05) is 0 Å². The predicted molar refractivity (Wildman–Crippen MR) is 139 cm³/mol. The van der Waals surface area contributed by atoms with E-state index in [0.29, 0.717) is 12.1 Å². The molecule has 2 aromatic rings. The normalized spacial score (nSPS) is 25.2. The van der Waals surface area contributed by atoms with E-state index in [0.717, 1.165) is 23.4 Å². The Morgan fingerprint density at radius 1 is 1.10 bits per heavy atom. The number of anilines is 1. The number of carbonyl (C=O) groups is 2. The van der Waals surface area contributed by atoms with Crippen LogP contribution in [-0.2, 0) is 14.3 Å². The van der Waals surface area contributed by atoms with Crippen LogP contribution in [0.5, 0.6) is 0 Å². The van der Waals surface area contributed by atoms with Gasteiger partial charge < -0.3 is 15.4 Å². The molecular formula is C26H30F8N4O3S. The van der Waals surface area contributed by atoms with E-state index in [1.165, 1.54) is 14.0 Å². The van der Waals surface area contributed by atoms with Gasteiger partial charge in [0.2, 0.25) is 17.7 Å². The first-order chi connectivity index (χ1) is 19.2. The van der Waals surface area contributed by atoms with Crippen LogP contribution in [0.3, 0.4) is 0 Å². The maximum atomic E-state index is 14.3. The number of hydrogen-bond acceptors (Lipinski definition) is 5. The fourth-order valence-electron chi connectivity index (χ4n) is 5.24. The minimum atomic E-state index is -10.1. The number of halogens is 8. The fraction of sp³-hybridized carbons (Fsp3) is 0.500. The topological polar surface area (TPSA) is 83.6 Å². The molecule has 2 amide bonds. The summed E-state index contributed by atoms with van der Waals surface area (Å²) in [7, 11) is -8.68. The molecule has 42 heavy (non-hydrogen) atoms. The zero-order chi connectivity index (χ0) is 31.2. The van der Waals surface area contributed by atoms with E-state index in [-0.39, 0.29) is 49.2 Å². The molecule has 1 aromatic carbocycles. The molecule has 1 aliphatic carbocycles. The molecule has 1 saturated carbocycles. The van der Waals surface area contributed by atoms with Crippen LogP contribution >= 0.6 is 10.2 Å². The zero-order valence-electron chi connectivity index (χ0n) is 22.6. The average Bonchev–Trinajstić information content (AvgIpc) is 3.29. The van der Waals surface area contributed by atoms with Gasteiger partial charge in [0.1, 0.15) is 16.8 Å². The van der Waals surface area contributed by atoms with E-state index in [1.54, 1.807) is 0 Å². The minimum Gasteiger partial charge on any atom is -0.380 e. The van der Waals surface area contributed by atoms with Crippen molar-refractivity contribution in [2.45, 2.75) is 73.6 Å². The molecule has 0 radical (unpaired) electrons. The second kappa shape index (κ2) is 10.3. The summed E-state index contributed by atoms with van der Waals surface area (Å²) in [6.07, 6.45) is 0.266. The number of aromatic nitrogens is 1. The van der Waals surface area contributed by atoms with Gasteiger partial charge in [-0.05, 0) is 50.1 Å². The third kappa shape index (κ3) is 7.14. The standard InChI is InChI=1S/C26H30F8N4O3S/c1-25(12-20(41-2)15-36-25)24(40)38(19-3-5-21(6-4-19)42(30,31,32,33)34)22(16-11-17(27)14-35-13-16)23(39)37-18-7-9-26(28,29)10-8-18/h3-6,11,13-14,18,20,22,36H,7-10,12,15H2,1-2H3,(H,37,39). The molecular weight excluding hydrogens is 600 g/mol. The molecule has 2 heterocycles. The third-order valence-electron chi connectivity index (χ3n) is 7.55. The van der Waals surface area contributed by atoms with Crippen LogP contribution in [0.25, 0.3) is 0 Å². The van der Waals surface area contributed by atoms with Gasteiger partial charge in [-0.15, -0.1) is 0 Å². The number of nitrogens with one attached hydrogen (secondary N) is 2. The van der Waals surface area contributed by atoms with Gasteiger partial charge in [-0.25, -0.2) is 13.2 Å². The number of hydrogen-bond donors (Lipinski definition) is 2. The first-order valence-electron chi connectivity index (χ1n) is 13.0. The molecule has 4 rings (SSSR count). The lowest BCUT2D eigenvalue weighted by molar-refractivity contribution is -0.130. The van der Waals surface area contributed by atoms with Crippen molar-refractivity contribution in [3.05, 3.63) is 54.1 Å². The Bertz CT molecular complexity index is 1340. The van der Waals surface area contributed by atoms with Gasteiger partial charge in [0, 0.05) is 56.4 Å². The van der Waals surface area contributed by atoms with E-state index in [4.69, 9.17) is 4.74 Å². The van der Waals surface area contributed by atoms with Crippen LogP contribution in [0.4, 0.5) is 38.3 Å². The molecule has 2 fully saturated rings. The molecule has 2 aliphatic rings. The third-order valence-corrected chi connectivity index (χ3v) is 8.72. The monoisotopic (exact) mass is 630 g/mol. The maximum Gasteiger partial charge on any atom is 0.310 e. The second-order valence-electron chi connectivity index (χ2n) is 10.9. The van der Waals surface area contributed by atoms with Crippen molar-refractivity contribution in [3.8, 4) is 0 Å². The quantitative estimate of drug-likeness (QED) is 0.330. The lowest BCUT2D eigenvalue weighted by Gasteiger charge is -2.41. The number of benzene rings is 1.